The zero-order chi connectivity index (χ0) is 12.6. The van der Waals surface area contributed by atoms with Crippen LogP contribution in [0.5, 0.6) is 0 Å². The Morgan fingerprint density at radius 2 is 2.11 bits per heavy atom. The second kappa shape index (κ2) is 4.35. The SMILES string of the molecule is Cn1cc(CC2(O)CCCC23CCOCC3)cn1. The predicted molar refractivity (Wildman–Crippen MR) is 68.2 cm³/mol. The van der Waals surface area contributed by atoms with Gasteiger partial charge in [-0.2, -0.15) is 5.10 Å². The molecule has 1 saturated heterocycles. The number of ether oxygens (including phenoxy) is 1. The lowest BCUT2D eigenvalue weighted by atomic mass is 9.67. The summed E-state index contributed by atoms with van der Waals surface area (Å²) in [4.78, 5) is 0. The minimum Gasteiger partial charge on any atom is -0.389 e. The topological polar surface area (TPSA) is 47.3 Å². The summed E-state index contributed by atoms with van der Waals surface area (Å²) in [5, 5.41) is 15.3. The number of nitrogens with zero attached hydrogens (tertiary/aromatic N) is 2. The van der Waals surface area contributed by atoms with Gasteiger partial charge in [-0.3, -0.25) is 4.68 Å². The average molecular weight is 250 g/mol. The Labute approximate surface area is 108 Å². The number of hydrogen-bond donors (Lipinski definition) is 1. The number of hydrogen-bond acceptors (Lipinski definition) is 3. The highest BCUT2D eigenvalue weighted by molar-refractivity contribution is 5.15. The van der Waals surface area contributed by atoms with Gasteiger partial charge >= 0.3 is 0 Å². The number of rotatable bonds is 2. The first kappa shape index (κ1) is 12.2. The molecule has 1 aliphatic carbocycles. The van der Waals surface area contributed by atoms with Crippen LogP contribution in [0.1, 0.15) is 37.7 Å². The van der Waals surface area contributed by atoms with Crippen molar-refractivity contribution in [2.75, 3.05) is 13.2 Å². The van der Waals surface area contributed by atoms with E-state index in [-0.39, 0.29) is 5.41 Å². The van der Waals surface area contributed by atoms with Crippen LogP contribution in [0.15, 0.2) is 12.4 Å². The van der Waals surface area contributed by atoms with Crippen molar-refractivity contribution in [2.45, 2.75) is 44.1 Å². The Hall–Kier alpha value is -0.870. The van der Waals surface area contributed by atoms with Gasteiger partial charge in [0.05, 0.1) is 11.8 Å². The molecule has 1 aromatic rings. The van der Waals surface area contributed by atoms with E-state index in [1.54, 1.807) is 0 Å². The van der Waals surface area contributed by atoms with Crippen LogP contribution in [0.25, 0.3) is 0 Å². The summed E-state index contributed by atoms with van der Waals surface area (Å²) in [6.45, 7) is 1.60. The Kier molecular flexibility index (Phi) is 2.94. The van der Waals surface area contributed by atoms with Gasteiger partial charge in [-0.1, -0.05) is 0 Å². The highest BCUT2D eigenvalue weighted by atomic mass is 16.5. The summed E-state index contributed by atoms with van der Waals surface area (Å²) in [7, 11) is 1.92. The van der Waals surface area contributed by atoms with Crippen molar-refractivity contribution in [3.63, 3.8) is 0 Å². The first-order valence-corrected chi connectivity index (χ1v) is 6.91. The lowest BCUT2D eigenvalue weighted by Gasteiger charge is -2.45. The molecule has 2 aliphatic rings. The average Bonchev–Trinajstić information content (AvgIpc) is 2.87. The molecule has 1 spiro atoms. The van der Waals surface area contributed by atoms with E-state index in [0.29, 0.717) is 0 Å². The molecule has 1 aromatic heterocycles. The fourth-order valence-electron chi connectivity index (χ4n) is 3.87. The number of aryl methyl sites for hydroxylation is 1. The monoisotopic (exact) mass is 250 g/mol. The molecule has 1 atom stereocenters. The number of aliphatic hydroxyl groups is 1. The quantitative estimate of drug-likeness (QED) is 0.868. The van der Waals surface area contributed by atoms with Crippen LogP contribution >= 0.6 is 0 Å². The molecular weight excluding hydrogens is 228 g/mol. The normalized spacial score (nSPS) is 31.0. The third-order valence-corrected chi connectivity index (χ3v) is 4.94. The molecule has 4 heteroatoms. The molecule has 18 heavy (non-hydrogen) atoms. The third-order valence-electron chi connectivity index (χ3n) is 4.94. The van der Waals surface area contributed by atoms with Gasteiger partial charge in [0.15, 0.2) is 0 Å². The summed E-state index contributed by atoms with van der Waals surface area (Å²) < 4.78 is 7.29. The Balaban J connectivity index is 1.83. The van der Waals surface area contributed by atoms with E-state index in [2.05, 4.69) is 5.10 Å². The molecule has 1 N–H and O–H groups in total. The van der Waals surface area contributed by atoms with Crippen molar-refractivity contribution in [2.24, 2.45) is 12.5 Å². The Bertz CT molecular complexity index is 423. The van der Waals surface area contributed by atoms with Crippen LogP contribution in [0.4, 0.5) is 0 Å². The second-order valence-corrected chi connectivity index (χ2v) is 5.98. The maximum absolute atomic E-state index is 11.1. The molecule has 1 unspecified atom stereocenters. The molecule has 0 amide bonds. The lowest BCUT2D eigenvalue weighted by molar-refractivity contribution is -0.113. The van der Waals surface area contributed by atoms with Crippen molar-refractivity contribution in [3.8, 4) is 0 Å². The molecule has 4 nitrogen and oxygen atoms in total. The molecular formula is C14H22N2O2. The molecule has 3 rings (SSSR count). The second-order valence-electron chi connectivity index (χ2n) is 5.98. The van der Waals surface area contributed by atoms with E-state index in [9.17, 15) is 5.11 Å². The Morgan fingerprint density at radius 1 is 1.33 bits per heavy atom. The molecule has 1 aliphatic heterocycles. The fraction of sp³-hybridized carbons (Fsp3) is 0.786. The molecule has 0 radical (unpaired) electrons. The molecule has 1 saturated carbocycles. The minimum absolute atomic E-state index is 0.0844. The summed E-state index contributed by atoms with van der Waals surface area (Å²) in [5.74, 6) is 0. The van der Waals surface area contributed by atoms with Gasteiger partial charge in [-0.25, -0.2) is 0 Å². The standard InChI is InChI=1S/C14H22N2O2/c1-16-11-12(10-15-16)9-14(17)4-2-3-13(14)5-7-18-8-6-13/h10-11,17H,2-9H2,1H3. The van der Waals surface area contributed by atoms with Crippen molar-refractivity contribution < 1.29 is 9.84 Å². The van der Waals surface area contributed by atoms with Gasteiger partial charge in [0.25, 0.3) is 0 Å². The summed E-state index contributed by atoms with van der Waals surface area (Å²) in [6.07, 6.45) is 9.84. The maximum Gasteiger partial charge on any atom is 0.0746 e. The van der Waals surface area contributed by atoms with E-state index >= 15 is 0 Å². The Morgan fingerprint density at radius 3 is 2.78 bits per heavy atom. The first-order valence-electron chi connectivity index (χ1n) is 6.91. The molecule has 100 valence electrons. The predicted octanol–water partition coefficient (Wildman–Crippen LogP) is 1.67. The highest BCUT2D eigenvalue weighted by Crippen LogP contribution is 2.53. The van der Waals surface area contributed by atoms with Crippen molar-refractivity contribution in [1.82, 2.24) is 9.78 Å². The van der Waals surface area contributed by atoms with Crippen LogP contribution in [0, 0.1) is 5.41 Å². The third kappa shape index (κ3) is 1.88. The van der Waals surface area contributed by atoms with Gasteiger partial charge in [0.1, 0.15) is 0 Å². The van der Waals surface area contributed by atoms with Crippen molar-refractivity contribution in [1.29, 1.82) is 0 Å². The smallest absolute Gasteiger partial charge is 0.0746 e. The molecule has 2 heterocycles. The van der Waals surface area contributed by atoms with Crippen LogP contribution in [0.2, 0.25) is 0 Å². The molecule has 2 fully saturated rings. The summed E-state index contributed by atoms with van der Waals surface area (Å²) >= 11 is 0. The van der Waals surface area contributed by atoms with E-state index in [1.165, 1.54) is 0 Å². The zero-order valence-corrected chi connectivity index (χ0v) is 11.1. The van der Waals surface area contributed by atoms with Crippen LogP contribution in [-0.2, 0) is 18.2 Å². The van der Waals surface area contributed by atoms with Crippen molar-refractivity contribution in [3.05, 3.63) is 18.0 Å². The van der Waals surface area contributed by atoms with E-state index in [4.69, 9.17) is 4.74 Å². The molecule has 0 aromatic carbocycles. The largest absolute Gasteiger partial charge is 0.389 e. The maximum atomic E-state index is 11.1. The first-order chi connectivity index (χ1) is 8.64. The lowest BCUT2D eigenvalue weighted by Crippen LogP contribution is -2.48. The van der Waals surface area contributed by atoms with E-state index in [0.717, 1.165) is 57.3 Å². The van der Waals surface area contributed by atoms with E-state index < -0.39 is 5.60 Å². The number of aromatic nitrogens is 2. The van der Waals surface area contributed by atoms with Gasteiger partial charge in [-0.15, -0.1) is 0 Å². The molecule has 0 bridgehead atoms. The van der Waals surface area contributed by atoms with Crippen molar-refractivity contribution >= 4 is 0 Å². The fourth-order valence-corrected chi connectivity index (χ4v) is 3.87. The van der Waals surface area contributed by atoms with Gasteiger partial charge < -0.3 is 9.84 Å². The van der Waals surface area contributed by atoms with E-state index in [1.807, 2.05) is 24.1 Å². The van der Waals surface area contributed by atoms with Crippen LogP contribution in [-0.4, -0.2) is 33.7 Å². The highest BCUT2D eigenvalue weighted by Gasteiger charge is 2.53. The zero-order valence-electron chi connectivity index (χ0n) is 11.1. The summed E-state index contributed by atoms with van der Waals surface area (Å²) in [5.41, 5.74) is 0.675. The minimum atomic E-state index is -0.556. The summed E-state index contributed by atoms with van der Waals surface area (Å²) in [6, 6.07) is 0. The van der Waals surface area contributed by atoms with Crippen LogP contribution in [0.3, 0.4) is 0 Å². The van der Waals surface area contributed by atoms with Gasteiger partial charge in [-0.05, 0) is 37.7 Å². The van der Waals surface area contributed by atoms with Crippen LogP contribution < -0.4 is 0 Å². The van der Waals surface area contributed by atoms with Gasteiger partial charge in [0, 0.05) is 38.3 Å². The van der Waals surface area contributed by atoms with Gasteiger partial charge in [0.2, 0.25) is 0 Å².